The van der Waals surface area contributed by atoms with Gasteiger partial charge in [-0.25, -0.2) is 0 Å². The molecule has 2 unspecified atom stereocenters. The van der Waals surface area contributed by atoms with Crippen molar-refractivity contribution in [3.63, 3.8) is 0 Å². The number of likely N-dealkylation sites (tertiary alicyclic amines) is 1. The largest absolute Gasteiger partial charge is 0.501 e. The first-order chi connectivity index (χ1) is 11.4. The number of carbonyl (C=O) groups excluding carboxylic acids is 1. The van der Waals surface area contributed by atoms with Crippen molar-refractivity contribution in [2.75, 3.05) is 13.2 Å². The summed E-state index contributed by atoms with van der Waals surface area (Å²) >= 11 is 0. The number of rotatable bonds is 2. The van der Waals surface area contributed by atoms with Crippen LogP contribution < -0.4 is 0 Å². The molecule has 1 amide bonds. The van der Waals surface area contributed by atoms with Gasteiger partial charge in [-0.3, -0.25) is 4.79 Å². The minimum Gasteiger partial charge on any atom is -0.501 e. The molecule has 0 aromatic heterocycles. The predicted octanol–water partition coefficient (Wildman–Crippen LogP) is 3.03. The molecule has 2 aliphatic rings. The molecule has 1 fully saturated rings. The molecular formula is C17H18F3NO3. The van der Waals surface area contributed by atoms with Crippen LogP contribution in [0.3, 0.4) is 0 Å². The lowest BCUT2D eigenvalue weighted by Crippen LogP contribution is -2.34. The van der Waals surface area contributed by atoms with E-state index in [9.17, 15) is 23.1 Å². The Balaban J connectivity index is 1.94. The quantitative estimate of drug-likeness (QED) is 0.900. The van der Waals surface area contributed by atoms with E-state index < -0.39 is 23.9 Å². The number of nitrogens with zero attached hydrogens (tertiary/aromatic N) is 1. The Labute approximate surface area is 137 Å². The Morgan fingerprint density at radius 3 is 2.71 bits per heavy atom. The van der Waals surface area contributed by atoms with E-state index in [1.165, 1.54) is 29.4 Å². The zero-order valence-electron chi connectivity index (χ0n) is 12.9. The maximum Gasteiger partial charge on any atom is 0.416 e. The normalized spacial score (nSPS) is 24.5. The molecule has 2 aliphatic heterocycles. The van der Waals surface area contributed by atoms with E-state index in [-0.39, 0.29) is 24.4 Å². The number of aliphatic hydroxyl groups is 1. The minimum atomic E-state index is -4.51. The lowest BCUT2D eigenvalue weighted by Gasteiger charge is -2.28. The molecule has 0 aliphatic carbocycles. The van der Waals surface area contributed by atoms with Crippen LogP contribution in [-0.2, 0) is 15.7 Å². The van der Waals surface area contributed by atoms with Gasteiger partial charge in [-0.15, -0.1) is 0 Å². The molecule has 4 nitrogen and oxygen atoms in total. The van der Waals surface area contributed by atoms with E-state index in [0.717, 1.165) is 6.07 Å². The third kappa shape index (κ3) is 3.26. The van der Waals surface area contributed by atoms with Gasteiger partial charge in [0, 0.05) is 6.54 Å². The second kappa shape index (κ2) is 6.47. The molecule has 130 valence electrons. The van der Waals surface area contributed by atoms with E-state index in [2.05, 4.69) is 0 Å². The number of hydrogen-bond donors (Lipinski definition) is 1. The molecule has 1 N–H and O–H groups in total. The van der Waals surface area contributed by atoms with Crippen molar-refractivity contribution in [1.29, 1.82) is 0 Å². The van der Waals surface area contributed by atoms with Crippen LogP contribution in [0.5, 0.6) is 0 Å². The number of ether oxygens (including phenoxy) is 1. The number of amides is 1. The molecule has 3 rings (SSSR count). The van der Waals surface area contributed by atoms with Gasteiger partial charge in [-0.2, -0.15) is 13.2 Å². The van der Waals surface area contributed by atoms with Crippen molar-refractivity contribution in [3.8, 4) is 0 Å². The molecule has 2 atom stereocenters. The Morgan fingerprint density at radius 2 is 2.04 bits per heavy atom. The Kier molecular flexibility index (Phi) is 4.54. The summed E-state index contributed by atoms with van der Waals surface area (Å²) in [5.41, 5.74) is -0.312. The van der Waals surface area contributed by atoms with Crippen LogP contribution in [-0.4, -0.2) is 35.2 Å². The zero-order valence-corrected chi connectivity index (χ0v) is 12.9. The topological polar surface area (TPSA) is 49.8 Å². The van der Waals surface area contributed by atoms with Crippen molar-refractivity contribution in [2.45, 2.75) is 37.6 Å². The average molecular weight is 341 g/mol. The zero-order chi connectivity index (χ0) is 17.3. The summed E-state index contributed by atoms with van der Waals surface area (Å²) in [6, 6.07) is 4.42. The Morgan fingerprint density at radius 1 is 1.29 bits per heavy atom. The molecule has 1 aromatic rings. The first-order valence-electron chi connectivity index (χ1n) is 7.83. The summed E-state index contributed by atoms with van der Waals surface area (Å²) in [6.07, 6.45) is -2.66. The number of benzene rings is 1. The second-order valence-electron chi connectivity index (χ2n) is 6.07. The number of carbonyl (C=O) groups is 1. The molecule has 2 heterocycles. The summed E-state index contributed by atoms with van der Waals surface area (Å²) in [5.74, 6) is -0.367. The fraction of sp³-hybridized carbons (Fsp3) is 0.471. The summed E-state index contributed by atoms with van der Waals surface area (Å²) in [6.45, 7) is 0.548. The first-order valence-corrected chi connectivity index (χ1v) is 7.83. The van der Waals surface area contributed by atoms with E-state index in [1.807, 2.05) is 0 Å². The first kappa shape index (κ1) is 16.8. The van der Waals surface area contributed by atoms with E-state index >= 15 is 0 Å². The lowest BCUT2D eigenvalue weighted by atomic mass is 9.97. The van der Waals surface area contributed by atoms with Crippen LogP contribution in [0.4, 0.5) is 13.2 Å². The Bertz CT molecular complexity index is 657. The van der Waals surface area contributed by atoms with Crippen LogP contribution in [0.25, 0.3) is 0 Å². The Hall–Kier alpha value is -2.02. The minimum absolute atomic E-state index is 0.0206. The van der Waals surface area contributed by atoms with Crippen molar-refractivity contribution in [3.05, 3.63) is 47.2 Å². The summed E-state index contributed by atoms with van der Waals surface area (Å²) in [4.78, 5) is 14.0. The summed E-state index contributed by atoms with van der Waals surface area (Å²) < 4.78 is 45.0. The van der Waals surface area contributed by atoms with Gasteiger partial charge in [0.15, 0.2) is 0 Å². The average Bonchev–Trinajstić information content (AvgIpc) is 2.96. The number of halogens is 3. The predicted molar refractivity (Wildman–Crippen MR) is 79.8 cm³/mol. The van der Waals surface area contributed by atoms with Crippen molar-refractivity contribution >= 4 is 5.91 Å². The maximum absolute atomic E-state index is 13.3. The SMILES string of the molecule is O=C(C1=COCCC1)N1CC(O)CC1c1ccccc1C(F)(F)F. The lowest BCUT2D eigenvalue weighted by molar-refractivity contribution is -0.139. The molecular weight excluding hydrogens is 323 g/mol. The van der Waals surface area contributed by atoms with Crippen LogP contribution in [0.15, 0.2) is 36.1 Å². The monoisotopic (exact) mass is 341 g/mol. The molecule has 24 heavy (non-hydrogen) atoms. The van der Waals surface area contributed by atoms with E-state index in [0.29, 0.717) is 25.0 Å². The van der Waals surface area contributed by atoms with Crippen molar-refractivity contribution < 1.29 is 27.8 Å². The molecule has 0 saturated carbocycles. The number of aliphatic hydroxyl groups excluding tert-OH is 1. The van der Waals surface area contributed by atoms with Crippen molar-refractivity contribution in [1.82, 2.24) is 4.90 Å². The van der Waals surface area contributed by atoms with Gasteiger partial charge in [0.1, 0.15) is 0 Å². The summed E-state index contributed by atoms with van der Waals surface area (Å²) in [5, 5.41) is 9.95. The van der Waals surface area contributed by atoms with Gasteiger partial charge in [-0.1, -0.05) is 18.2 Å². The van der Waals surface area contributed by atoms with Gasteiger partial charge in [0.25, 0.3) is 5.91 Å². The van der Waals surface area contributed by atoms with Crippen LogP contribution >= 0.6 is 0 Å². The highest BCUT2D eigenvalue weighted by Crippen LogP contribution is 2.41. The number of alkyl halides is 3. The third-order valence-electron chi connectivity index (χ3n) is 4.37. The van der Waals surface area contributed by atoms with Crippen LogP contribution in [0.1, 0.15) is 36.4 Å². The fourth-order valence-corrected chi connectivity index (χ4v) is 3.29. The van der Waals surface area contributed by atoms with Gasteiger partial charge in [-0.05, 0) is 30.9 Å². The van der Waals surface area contributed by atoms with Gasteiger partial charge >= 0.3 is 6.18 Å². The number of hydrogen-bond acceptors (Lipinski definition) is 3. The van der Waals surface area contributed by atoms with Gasteiger partial charge in [0.05, 0.1) is 36.2 Å². The number of β-amino-alcohol motifs (C(OH)–C–C–N with tert-alkyl or cyclic N) is 1. The molecule has 1 saturated heterocycles. The smallest absolute Gasteiger partial charge is 0.416 e. The van der Waals surface area contributed by atoms with Gasteiger partial charge in [0.2, 0.25) is 0 Å². The highest BCUT2D eigenvalue weighted by molar-refractivity contribution is 5.93. The standard InChI is InChI=1S/C17H18F3NO3/c18-17(19,20)14-6-2-1-5-13(14)15-8-12(22)9-21(15)16(23)11-4-3-7-24-10-11/h1-2,5-6,10,12,15,22H,3-4,7-9H2. The maximum atomic E-state index is 13.3. The van der Waals surface area contributed by atoms with Crippen LogP contribution in [0.2, 0.25) is 0 Å². The summed E-state index contributed by atoms with van der Waals surface area (Å²) in [7, 11) is 0. The third-order valence-corrected chi connectivity index (χ3v) is 4.37. The molecule has 0 bridgehead atoms. The highest BCUT2D eigenvalue weighted by Gasteiger charge is 2.42. The second-order valence-corrected chi connectivity index (χ2v) is 6.07. The highest BCUT2D eigenvalue weighted by atomic mass is 19.4. The molecule has 0 spiro atoms. The molecule has 0 radical (unpaired) electrons. The van der Waals surface area contributed by atoms with Crippen LogP contribution in [0, 0.1) is 0 Å². The fourth-order valence-electron chi connectivity index (χ4n) is 3.29. The molecule has 1 aromatic carbocycles. The van der Waals surface area contributed by atoms with Crippen molar-refractivity contribution in [2.24, 2.45) is 0 Å². The van der Waals surface area contributed by atoms with Gasteiger partial charge < -0.3 is 14.7 Å². The van der Waals surface area contributed by atoms with E-state index in [1.54, 1.807) is 0 Å². The molecule has 7 heteroatoms. The van der Waals surface area contributed by atoms with E-state index in [4.69, 9.17) is 4.74 Å².